The lowest BCUT2D eigenvalue weighted by atomic mass is 10.0. The van der Waals surface area contributed by atoms with Crippen LogP contribution in [0.4, 0.5) is 10.1 Å². The molecule has 1 amide bonds. The second-order valence-electron chi connectivity index (χ2n) is 7.06. The Labute approximate surface area is 183 Å². The first kappa shape index (κ1) is 20.7. The van der Waals surface area contributed by atoms with Crippen LogP contribution >= 0.6 is 0 Å². The quantitative estimate of drug-likeness (QED) is 0.409. The maximum atomic E-state index is 14.6. The van der Waals surface area contributed by atoms with Crippen molar-refractivity contribution in [2.24, 2.45) is 0 Å². The SMILES string of the molecule is Cc1ccc(S(=O)c2cccc(-c3ccccc3F)c2NC(=O)c2ccccc2)cc1. The van der Waals surface area contributed by atoms with E-state index in [4.69, 9.17) is 0 Å². The summed E-state index contributed by atoms with van der Waals surface area (Å²) in [5.74, 6) is -0.775. The minimum Gasteiger partial charge on any atom is -0.320 e. The van der Waals surface area contributed by atoms with E-state index in [9.17, 15) is 13.4 Å². The normalized spacial score (nSPS) is 11.7. The van der Waals surface area contributed by atoms with Crippen LogP contribution in [0.2, 0.25) is 0 Å². The molecule has 3 nitrogen and oxygen atoms in total. The van der Waals surface area contributed by atoms with Crippen molar-refractivity contribution < 1.29 is 13.4 Å². The molecule has 4 aromatic carbocycles. The first-order valence-corrected chi connectivity index (χ1v) is 10.9. The molecule has 0 spiro atoms. The monoisotopic (exact) mass is 429 g/mol. The number of amides is 1. The maximum Gasteiger partial charge on any atom is 0.255 e. The van der Waals surface area contributed by atoms with Crippen molar-refractivity contribution in [3.63, 3.8) is 0 Å². The van der Waals surface area contributed by atoms with E-state index < -0.39 is 16.6 Å². The summed E-state index contributed by atoms with van der Waals surface area (Å²) < 4.78 is 28.1. The number of aryl methyl sites for hydroxylation is 1. The second kappa shape index (κ2) is 9.06. The molecule has 0 saturated heterocycles. The molecule has 1 atom stereocenters. The van der Waals surface area contributed by atoms with Crippen LogP contribution in [0.1, 0.15) is 15.9 Å². The summed E-state index contributed by atoms with van der Waals surface area (Å²) >= 11 is 0. The predicted molar refractivity (Wildman–Crippen MR) is 122 cm³/mol. The van der Waals surface area contributed by atoms with Gasteiger partial charge in [0.1, 0.15) is 5.82 Å². The fourth-order valence-corrected chi connectivity index (χ4v) is 4.47. The lowest BCUT2D eigenvalue weighted by Crippen LogP contribution is -2.14. The molecule has 0 bridgehead atoms. The summed E-state index contributed by atoms with van der Waals surface area (Å²) in [6, 6.07) is 27.6. The van der Waals surface area contributed by atoms with E-state index in [2.05, 4.69) is 5.32 Å². The molecule has 4 aromatic rings. The van der Waals surface area contributed by atoms with E-state index in [1.165, 1.54) is 6.07 Å². The first-order chi connectivity index (χ1) is 15.0. The molecule has 0 aliphatic carbocycles. The number of hydrogen-bond acceptors (Lipinski definition) is 2. The van der Waals surface area contributed by atoms with Crippen LogP contribution in [0.3, 0.4) is 0 Å². The standard InChI is InChI=1S/C26H20FNO2S/c1-18-14-16-20(17-15-18)31(30)24-13-7-11-22(21-10-5-6-12-23(21)27)25(24)28-26(29)19-8-3-2-4-9-19/h2-17H,1H3,(H,28,29). The smallest absolute Gasteiger partial charge is 0.255 e. The molecular weight excluding hydrogens is 409 g/mol. The Morgan fingerprint density at radius 2 is 1.42 bits per heavy atom. The third-order valence-corrected chi connectivity index (χ3v) is 6.34. The largest absolute Gasteiger partial charge is 0.320 e. The molecule has 1 N–H and O–H groups in total. The fourth-order valence-electron chi connectivity index (χ4n) is 3.28. The van der Waals surface area contributed by atoms with Crippen LogP contribution < -0.4 is 5.32 Å². The van der Waals surface area contributed by atoms with E-state index >= 15 is 0 Å². The number of rotatable bonds is 5. The molecule has 0 radical (unpaired) electrons. The third-order valence-electron chi connectivity index (χ3n) is 4.90. The van der Waals surface area contributed by atoms with Crippen molar-refractivity contribution in [1.82, 2.24) is 0 Å². The zero-order chi connectivity index (χ0) is 21.8. The van der Waals surface area contributed by atoms with Gasteiger partial charge in [0.2, 0.25) is 0 Å². The van der Waals surface area contributed by atoms with Gasteiger partial charge in [0.25, 0.3) is 5.91 Å². The molecule has 0 aromatic heterocycles. The Kier molecular flexibility index (Phi) is 6.05. The Morgan fingerprint density at radius 1 is 0.774 bits per heavy atom. The average molecular weight is 430 g/mol. The minimum atomic E-state index is -1.57. The highest BCUT2D eigenvalue weighted by molar-refractivity contribution is 7.85. The number of carbonyl (C=O) groups is 1. The van der Waals surface area contributed by atoms with Gasteiger partial charge in [-0.3, -0.25) is 4.79 Å². The Bertz CT molecular complexity index is 1250. The van der Waals surface area contributed by atoms with E-state index in [0.29, 0.717) is 32.2 Å². The molecule has 4 rings (SSSR count). The molecular formula is C26H20FNO2S. The molecule has 0 saturated carbocycles. The van der Waals surface area contributed by atoms with Crippen LogP contribution in [0.5, 0.6) is 0 Å². The predicted octanol–water partition coefficient (Wildman–Crippen LogP) is 6.22. The van der Waals surface area contributed by atoms with Crippen molar-refractivity contribution in [2.45, 2.75) is 16.7 Å². The zero-order valence-electron chi connectivity index (χ0n) is 16.8. The van der Waals surface area contributed by atoms with Gasteiger partial charge in [0.15, 0.2) is 0 Å². The van der Waals surface area contributed by atoms with Crippen molar-refractivity contribution in [2.75, 3.05) is 5.32 Å². The van der Waals surface area contributed by atoms with Crippen LogP contribution in [0.15, 0.2) is 107 Å². The summed E-state index contributed by atoms with van der Waals surface area (Å²) in [5, 5.41) is 2.88. The number of hydrogen-bond donors (Lipinski definition) is 1. The zero-order valence-corrected chi connectivity index (χ0v) is 17.7. The molecule has 1 unspecified atom stereocenters. The topological polar surface area (TPSA) is 46.2 Å². The van der Waals surface area contributed by atoms with Gasteiger partial charge in [-0.2, -0.15) is 0 Å². The summed E-state index contributed by atoms with van der Waals surface area (Å²) in [4.78, 5) is 13.9. The van der Waals surface area contributed by atoms with E-state index in [0.717, 1.165) is 5.56 Å². The van der Waals surface area contributed by atoms with Gasteiger partial charge >= 0.3 is 0 Å². The minimum absolute atomic E-state index is 0.327. The average Bonchev–Trinajstić information content (AvgIpc) is 2.80. The summed E-state index contributed by atoms with van der Waals surface area (Å²) in [5.41, 5.74) is 2.64. The number of anilines is 1. The van der Waals surface area contributed by atoms with Crippen molar-refractivity contribution >= 4 is 22.4 Å². The van der Waals surface area contributed by atoms with Crippen molar-refractivity contribution in [1.29, 1.82) is 0 Å². The fraction of sp³-hybridized carbons (Fsp3) is 0.0385. The number of halogens is 1. The molecule has 31 heavy (non-hydrogen) atoms. The Hall–Kier alpha value is -3.57. The summed E-state index contributed by atoms with van der Waals surface area (Å²) in [7, 11) is -1.57. The lowest BCUT2D eigenvalue weighted by molar-refractivity contribution is 0.102. The molecule has 0 heterocycles. The number of para-hydroxylation sites is 1. The highest BCUT2D eigenvalue weighted by Gasteiger charge is 2.20. The van der Waals surface area contributed by atoms with E-state index in [1.54, 1.807) is 72.8 Å². The Morgan fingerprint density at radius 3 is 2.13 bits per heavy atom. The second-order valence-corrected chi connectivity index (χ2v) is 8.51. The van der Waals surface area contributed by atoms with Gasteiger partial charge in [0.05, 0.1) is 21.4 Å². The van der Waals surface area contributed by atoms with Gasteiger partial charge in [0, 0.05) is 21.6 Å². The molecule has 5 heteroatoms. The van der Waals surface area contributed by atoms with Crippen LogP contribution in [-0.4, -0.2) is 10.1 Å². The highest BCUT2D eigenvalue weighted by Crippen LogP contribution is 2.36. The lowest BCUT2D eigenvalue weighted by Gasteiger charge is -2.17. The molecule has 154 valence electrons. The molecule has 0 fully saturated rings. The third kappa shape index (κ3) is 4.47. The molecule has 0 aliphatic rings. The summed E-state index contributed by atoms with van der Waals surface area (Å²) in [6.07, 6.45) is 0. The first-order valence-electron chi connectivity index (χ1n) is 9.77. The Balaban J connectivity index is 1.85. The molecule has 0 aliphatic heterocycles. The maximum absolute atomic E-state index is 14.6. The van der Waals surface area contributed by atoms with Gasteiger partial charge in [-0.1, -0.05) is 66.2 Å². The van der Waals surface area contributed by atoms with Gasteiger partial charge < -0.3 is 5.32 Å². The van der Waals surface area contributed by atoms with Crippen LogP contribution in [0, 0.1) is 12.7 Å². The highest BCUT2D eigenvalue weighted by atomic mass is 32.2. The van der Waals surface area contributed by atoms with Gasteiger partial charge in [-0.25, -0.2) is 8.60 Å². The van der Waals surface area contributed by atoms with Crippen LogP contribution in [0.25, 0.3) is 11.1 Å². The van der Waals surface area contributed by atoms with E-state index in [1.807, 2.05) is 25.1 Å². The van der Waals surface area contributed by atoms with E-state index in [-0.39, 0.29) is 5.91 Å². The van der Waals surface area contributed by atoms with Crippen molar-refractivity contribution in [3.8, 4) is 11.1 Å². The number of carbonyl (C=O) groups excluding carboxylic acids is 1. The van der Waals surface area contributed by atoms with Crippen molar-refractivity contribution in [3.05, 3.63) is 114 Å². The summed E-state index contributed by atoms with van der Waals surface area (Å²) in [6.45, 7) is 1.96. The van der Waals surface area contributed by atoms with Gasteiger partial charge in [-0.05, 0) is 43.3 Å². The van der Waals surface area contributed by atoms with Crippen LogP contribution in [-0.2, 0) is 10.8 Å². The van der Waals surface area contributed by atoms with Gasteiger partial charge in [-0.15, -0.1) is 0 Å². The number of nitrogens with one attached hydrogen (secondary N) is 1. The number of benzene rings is 4.